The van der Waals surface area contributed by atoms with Gasteiger partial charge in [0.15, 0.2) is 0 Å². The molecule has 1 aromatic heterocycles. The molecule has 0 saturated heterocycles. The Hall–Kier alpha value is -2.69. The second-order valence-corrected chi connectivity index (χ2v) is 5.01. The summed E-state index contributed by atoms with van der Waals surface area (Å²) in [6, 6.07) is 9.07. The van der Waals surface area contributed by atoms with Crippen LogP contribution < -0.4 is 10.6 Å². The molecule has 0 atom stereocenters. The molecule has 1 heterocycles. The van der Waals surface area contributed by atoms with Gasteiger partial charge in [0.2, 0.25) is 0 Å². The van der Waals surface area contributed by atoms with Gasteiger partial charge in [0, 0.05) is 11.9 Å². The van der Waals surface area contributed by atoms with Crippen LogP contribution >= 0.6 is 0 Å². The van der Waals surface area contributed by atoms with Gasteiger partial charge in [-0.05, 0) is 55.7 Å². The first-order valence-electron chi connectivity index (χ1n) is 6.57. The summed E-state index contributed by atoms with van der Waals surface area (Å²) in [5.74, 6) is -1.12. The largest absolute Gasteiger partial charge is 0.318 e. The lowest BCUT2D eigenvalue weighted by molar-refractivity contribution is -0.133. The number of nitrogens with zero attached hydrogens (tertiary/aromatic N) is 1. The van der Waals surface area contributed by atoms with Crippen molar-refractivity contribution < 1.29 is 9.59 Å². The van der Waals surface area contributed by atoms with Crippen molar-refractivity contribution in [1.29, 1.82) is 0 Å². The first-order chi connectivity index (χ1) is 9.94. The summed E-state index contributed by atoms with van der Waals surface area (Å²) in [7, 11) is 0. The lowest BCUT2D eigenvalue weighted by Crippen LogP contribution is -2.29. The molecule has 0 aliphatic rings. The zero-order chi connectivity index (χ0) is 15.4. The minimum atomic E-state index is -0.745. The summed E-state index contributed by atoms with van der Waals surface area (Å²) in [5, 5.41) is 5.03. The molecule has 0 aliphatic carbocycles. The molecule has 108 valence electrons. The fourth-order valence-electron chi connectivity index (χ4n) is 1.95. The van der Waals surface area contributed by atoms with Gasteiger partial charge < -0.3 is 10.6 Å². The molecular weight excluding hydrogens is 266 g/mol. The molecule has 2 N–H and O–H groups in total. The molecule has 0 aliphatic heterocycles. The van der Waals surface area contributed by atoms with Crippen molar-refractivity contribution in [2.24, 2.45) is 0 Å². The average molecular weight is 283 g/mol. The number of pyridine rings is 1. The highest BCUT2D eigenvalue weighted by atomic mass is 16.2. The van der Waals surface area contributed by atoms with E-state index < -0.39 is 11.8 Å². The van der Waals surface area contributed by atoms with Crippen LogP contribution in [0.4, 0.5) is 11.5 Å². The second kappa shape index (κ2) is 6.17. The molecule has 5 nitrogen and oxygen atoms in total. The molecule has 5 heteroatoms. The number of amides is 2. The number of aryl methyl sites for hydroxylation is 3. The van der Waals surface area contributed by atoms with E-state index in [2.05, 4.69) is 15.6 Å². The molecule has 2 aromatic rings. The van der Waals surface area contributed by atoms with E-state index in [1.165, 1.54) is 0 Å². The van der Waals surface area contributed by atoms with E-state index in [1.807, 2.05) is 45.0 Å². The maximum absolute atomic E-state index is 11.9. The van der Waals surface area contributed by atoms with Crippen LogP contribution in [0.1, 0.15) is 16.7 Å². The van der Waals surface area contributed by atoms with Crippen molar-refractivity contribution in [2.75, 3.05) is 10.6 Å². The van der Waals surface area contributed by atoms with Gasteiger partial charge in [-0.3, -0.25) is 9.59 Å². The Bertz CT molecular complexity index is 658. The second-order valence-electron chi connectivity index (χ2n) is 5.01. The summed E-state index contributed by atoms with van der Waals surface area (Å²) in [5.41, 5.74) is 3.62. The maximum atomic E-state index is 11.9. The highest BCUT2D eigenvalue weighted by Gasteiger charge is 2.14. The molecule has 0 radical (unpaired) electrons. The molecule has 0 spiro atoms. The van der Waals surface area contributed by atoms with Crippen LogP contribution in [0, 0.1) is 20.8 Å². The van der Waals surface area contributed by atoms with Gasteiger partial charge in [-0.2, -0.15) is 0 Å². The predicted octanol–water partition coefficient (Wildman–Crippen LogP) is 2.58. The molecule has 0 fully saturated rings. The third-order valence-corrected chi connectivity index (χ3v) is 2.84. The Morgan fingerprint density at radius 3 is 2.05 bits per heavy atom. The van der Waals surface area contributed by atoms with Crippen LogP contribution in [0.15, 0.2) is 36.5 Å². The lowest BCUT2D eigenvalue weighted by atomic mass is 10.1. The Morgan fingerprint density at radius 2 is 1.48 bits per heavy atom. The topological polar surface area (TPSA) is 71.1 Å². The number of aromatic nitrogens is 1. The highest BCUT2D eigenvalue weighted by Crippen LogP contribution is 2.13. The molecule has 0 unspecified atom stereocenters. The predicted molar refractivity (Wildman–Crippen MR) is 82.1 cm³/mol. The lowest BCUT2D eigenvalue weighted by Gasteiger charge is -2.08. The van der Waals surface area contributed by atoms with Crippen molar-refractivity contribution in [3.63, 3.8) is 0 Å². The molecule has 2 amide bonds. The average Bonchev–Trinajstić information content (AvgIpc) is 2.40. The Morgan fingerprint density at radius 1 is 0.857 bits per heavy atom. The van der Waals surface area contributed by atoms with Gasteiger partial charge in [-0.15, -0.1) is 0 Å². The Kier molecular flexibility index (Phi) is 4.33. The smallest absolute Gasteiger partial charge is 0.315 e. The number of hydrogen-bond donors (Lipinski definition) is 2. The van der Waals surface area contributed by atoms with E-state index in [-0.39, 0.29) is 0 Å². The zero-order valence-electron chi connectivity index (χ0n) is 12.2. The van der Waals surface area contributed by atoms with Crippen LogP contribution in [0.5, 0.6) is 0 Å². The number of benzene rings is 1. The Labute approximate surface area is 123 Å². The number of nitrogens with one attached hydrogen (secondary N) is 2. The zero-order valence-corrected chi connectivity index (χ0v) is 12.2. The Balaban J connectivity index is 2.02. The summed E-state index contributed by atoms with van der Waals surface area (Å²) in [4.78, 5) is 27.7. The van der Waals surface area contributed by atoms with Gasteiger partial charge in [0.1, 0.15) is 5.82 Å². The number of carbonyl (C=O) groups is 2. The van der Waals surface area contributed by atoms with Crippen molar-refractivity contribution in [3.8, 4) is 0 Å². The van der Waals surface area contributed by atoms with E-state index in [0.717, 1.165) is 16.7 Å². The molecular formula is C16H17N3O2. The monoisotopic (exact) mass is 283 g/mol. The summed E-state index contributed by atoms with van der Waals surface area (Å²) >= 11 is 0. The normalized spacial score (nSPS) is 10.0. The first kappa shape index (κ1) is 14.7. The number of rotatable bonds is 2. The minimum Gasteiger partial charge on any atom is -0.318 e. The number of anilines is 2. The van der Waals surface area contributed by atoms with Crippen LogP contribution in [0.3, 0.4) is 0 Å². The SMILES string of the molecule is Cc1ccc(NC(=O)C(=O)Nc2cc(C)cc(C)c2)nc1. The molecule has 1 aromatic carbocycles. The standard InChI is InChI=1S/C16H17N3O2/c1-10-4-5-14(17-9-10)19-16(21)15(20)18-13-7-11(2)6-12(3)8-13/h4-9H,1-3H3,(H,18,20)(H,17,19,21). The fraction of sp³-hybridized carbons (Fsp3) is 0.188. The van der Waals surface area contributed by atoms with Gasteiger partial charge in [-0.25, -0.2) is 4.98 Å². The van der Waals surface area contributed by atoms with Crippen LogP contribution in [-0.4, -0.2) is 16.8 Å². The van der Waals surface area contributed by atoms with E-state index in [0.29, 0.717) is 11.5 Å². The van der Waals surface area contributed by atoms with E-state index in [1.54, 1.807) is 12.3 Å². The molecule has 2 rings (SSSR count). The maximum Gasteiger partial charge on any atom is 0.315 e. The van der Waals surface area contributed by atoms with Gasteiger partial charge in [-0.1, -0.05) is 12.1 Å². The molecule has 0 saturated carbocycles. The molecule has 0 bridgehead atoms. The van der Waals surface area contributed by atoms with Crippen LogP contribution in [0.2, 0.25) is 0 Å². The third-order valence-electron chi connectivity index (χ3n) is 2.84. The fourth-order valence-corrected chi connectivity index (χ4v) is 1.95. The van der Waals surface area contributed by atoms with Crippen molar-refractivity contribution in [3.05, 3.63) is 53.2 Å². The summed E-state index contributed by atoms with van der Waals surface area (Å²) < 4.78 is 0. The number of carbonyl (C=O) groups excluding carboxylic acids is 2. The summed E-state index contributed by atoms with van der Waals surface area (Å²) in [6.07, 6.45) is 1.62. The van der Waals surface area contributed by atoms with Gasteiger partial charge in [0.25, 0.3) is 0 Å². The summed E-state index contributed by atoms with van der Waals surface area (Å²) in [6.45, 7) is 5.75. The first-order valence-corrected chi connectivity index (χ1v) is 6.57. The highest BCUT2D eigenvalue weighted by molar-refractivity contribution is 6.43. The third kappa shape index (κ3) is 4.14. The van der Waals surface area contributed by atoms with Crippen molar-refractivity contribution in [1.82, 2.24) is 4.98 Å². The number of hydrogen-bond acceptors (Lipinski definition) is 3. The van der Waals surface area contributed by atoms with E-state index in [4.69, 9.17) is 0 Å². The quantitative estimate of drug-likeness (QED) is 0.832. The van der Waals surface area contributed by atoms with Crippen LogP contribution in [-0.2, 0) is 9.59 Å². The van der Waals surface area contributed by atoms with E-state index in [9.17, 15) is 9.59 Å². The minimum absolute atomic E-state index is 0.348. The van der Waals surface area contributed by atoms with Crippen molar-refractivity contribution >= 4 is 23.3 Å². The van der Waals surface area contributed by atoms with Crippen LogP contribution in [0.25, 0.3) is 0 Å². The van der Waals surface area contributed by atoms with E-state index >= 15 is 0 Å². The van der Waals surface area contributed by atoms with Crippen molar-refractivity contribution in [2.45, 2.75) is 20.8 Å². The molecule has 21 heavy (non-hydrogen) atoms. The van der Waals surface area contributed by atoms with Gasteiger partial charge >= 0.3 is 11.8 Å². The van der Waals surface area contributed by atoms with Gasteiger partial charge in [0.05, 0.1) is 0 Å².